The second-order valence-electron chi connectivity index (χ2n) is 3.64. The molecule has 0 atom stereocenters. The molecule has 0 aromatic carbocycles. The molecule has 10 heteroatoms. The SMILES string of the molecule is FCCN1C=Cc2sc(=S)[nH]c2C1.O=C(O)C(F)(F)F. The third-order valence-corrected chi connectivity index (χ3v) is 3.41. The van der Waals surface area contributed by atoms with E-state index in [0.29, 0.717) is 6.54 Å². The summed E-state index contributed by atoms with van der Waals surface area (Å²) < 4.78 is 44.6. The number of aromatic nitrogens is 1. The van der Waals surface area contributed by atoms with Gasteiger partial charge >= 0.3 is 12.1 Å². The van der Waals surface area contributed by atoms with Crippen molar-refractivity contribution in [1.82, 2.24) is 9.88 Å². The van der Waals surface area contributed by atoms with E-state index in [0.717, 1.165) is 16.2 Å². The number of carboxylic acids is 1. The Kier molecular flexibility index (Phi) is 5.69. The predicted octanol–water partition coefficient (Wildman–Crippen LogP) is 3.19. The van der Waals surface area contributed by atoms with E-state index < -0.39 is 12.1 Å². The minimum Gasteiger partial charge on any atom is -0.475 e. The molecule has 0 aliphatic carbocycles. The fourth-order valence-corrected chi connectivity index (χ4v) is 2.45. The number of fused-ring (bicyclic) bond motifs is 1. The average Bonchev–Trinajstić information content (AvgIpc) is 2.68. The summed E-state index contributed by atoms with van der Waals surface area (Å²) in [5, 5.41) is 7.12. The number of carboxylic acid groups (broad SMARTS) is 1. The fraction of sp³-hybridized carbons (Fsp3) is 0.400. The van der Waals surface area contributed by atoms with E-state index in [-0.39, 0.29) is 6.67 Å². The van der Waals surface area contributed by atoms with Gasteiger partial charge in [-0.15, -0.1) is 11.3 Å². The van der Waals surface area contributed by atoms with Crippen molar-refractivity contribution in [2.45, 2.75) is 12.7 Å². The van der Waals surface area contributed by atoms with E-state index in [2.05, 4.69) is 4.98 Å². The number of aliphatic carboxylic acids is 1. The molecule has 0 radical (unpaired) electrons. The van der Waals surface area contributed by atoms with Crippen LogP contribution in [0, 0.1) is 3.95 Å². The highest BCUT2D eigenvalue weighted by Gasteiger charge is 2.38. The smallest absolute Gasteiger partial charge is 0.475 e. The number of nitrogens with one attached hydrogen (secondary N) is 1. The zero-order chi connectivity index (χ0) is 15.3. The molecule has 2 rings (SSSR count). The van der Waals surface area contributed by atoms with Gasteiger partial charge in [0, 0.05) is 12.7 Å². The summed E-state index contributed by atoms with van der Waals surface area (Å²) in [5.74, 6) is -2.76. The van der Waals surface area contributed by atoms with Gasteiger partial charge in [-0.05, 0) is 18.3 Å². The number of thiazole rings is 1. The van der Waals surface area contributed by atoms with Crippen LogP contribution in [0.4, 0.5) is 17.6 Å². The number of alkyl halides is 4. The molecule has 0 saturated carbocycles. The quantitative estimate of drug-likeness (QED) is 0.646. The van der Waals surface area contributed by atoms with Crippen molar-refractivity contribution in [2.75, 3.05) is 13.2 Å². The Hall–Kier alpha value is -1.42. The van der Waals surface area contributed by atoms with E-state index >= 15 is 0 Å². The number of hydrogen-bond acceptors (Lipinski definition) is 4. The van der Waals surface area contributed by atoms with Gasteiger partial charge < -0.3 is 15.0 Å². The molecular weight excluding hydrogens is 320 g/mol. The van der Waals surface area contributed by atoms with Crippen molar-refractivity contribution < 1.29 is 27.5 Å². The van der Waals surface area contributed by atoms with E-state index in [9.17, 15) is 17.6 Å². The Morgan fingerprint density at radius 2 is 2.15 bits per heavy atom. The van der Waals surface area contributed by atoms with Crippen molar-refractivity contribution in [1.29, 1.82) is 0 Å². The first-order valence-corrected chi connectivity index (χ1v) is 6.47. The maximum atomic E-state index is 12.1. The fourth-order valence-electron chi connectivity index (χ4n) is 1.31. The molecule has 0 fully saturated rings. The summed E-state index contributed by atoms with van der Waals surface area (Å²) in [7, 11) is 0. The number of halogens is 4. The maximum Gasteiger partial charge on any atom is 0.490 e. The van der Waals surface area contributed by atoms with Crippen LogP contribution < -0.4 is 0 Å². The van der Waals surface area contributed by atoms with Gasteiger partial charge in [-0.25, -0.2) is 9.18 Å². The Bertz CT molecular complexity index is 550. The summed E-state index contributed by atoms with van der Waals surface area (Å²) in [6.45, 7) is 0.875. The Balaban J connectivity index is 0.000000246. The minimum atomic E-state index is -5.08. The molecule has 0 bridgehead atoms. The molecule has 1 aliphatic rings. The lowest BCUT2D eigenvalue weighted by Crippen LogP contribution is -2.21. The molecule has 2 heterocycles. The number of rotatable bonds is 2. The number of hydrogen-bond donors (Lipinski definition) is 2. The van der Waals surface area contributed by atoms with Crippen molar-refractivity contribution in [3.8, 4) is 0 Å². The molecule has 0 saturated heterocycles. The van der Waals surface area contributed by atoms with Crippen molar-refractivity contribution in [3.05, 3.63) is 20.7 Å². The second-order valence-corrected chi connectivity index (χ2v) is 5.35. The van der Waals surface area contributed by atoms with Crippen LogP contribution >= 0.6 is 23.6 Å². The van der Waals surface area contributed by atoms with Gasteiger partial charge in [0.1, 0.15) is 6.67 Å². The molecule has 4 nitrogen and oxygen atoms in total. The van der Waals surface area contributed by atoms with Crippen molar-refractivity contribution >= 4 is 35.6 Å². The van der Waals surface area contributed by atoms with E-state index in [1.165, 1.54) is 4.88 Å². The molecule has 2 N–H and O–H groups in total. The molecule has 0 spiro atoms. The van der Waals surface area contributed by atoms with Crippen molar-refractivity contribution in [3.63, 3.8) is 0 Å². The number of nitrogens with zero attached hydrogens (tertiary/aromatic N) is 1. The largest absolute Gasteiger partial charge is 0.490 e. The lowest BCUT2D eigenvalue weighted by atomic mass is 10.2. The molecular formula is C10H10F4N2O2S2. The highest BCUT2D eigenvalue weighted by Crippen LogP contribution is 2.23. The van der Waals surface area contributed by atoms with Crippen LogP contribution in [0.1, 0.15) is 10.6 Å². The topological polar surface area (TPSA) is 56.3 Å². The predicted molar refractivity (Wildman–Crippen MR) is 68.6 cm³/mol. The number of aromatic amines is 1. The van der Waals surface area contributed by atoms with Gasteiger partial charge in [-0.3, -0.25) is 0 Å². The molecule has 112 valence electrons. The average molecular weight is 330 g/mol. The maximum absolute atomic E-state index is 12.1. The van der Waals surface area contributed by atoms with Crippen LogP contribution in [0.15, 0.2) is 6.20 Å². The van der Waals surface area contributed by atoms with E-state index in [1.54, 1.807) is 11.3 Å². The number of carbonyl (C=O) groups is 1. The molecule has 20 heavy (non-hydrogen) atoms. The summed E-state index contributed by atoms with van der Waals surface area (Å²) in [6.07, 6.45) is -1.19. The van der Waals surface area contributed by atoms with Crippen molar-refractivity contribution in [2.24, 2.45) is 0 Å². The molecule has 0 amide bonds. The minimum absolute atomic E-state index is 0.315. The van der Waals surface area contributed by atoms with Crippen LogP contribution in [-0.4, -0.2) is 40.4 Å². The van der Waals surface area contributed by atoms with E-state index in [1.807, 2.05) is 17.2 Å². The first-order chi connectivity index (χ1) is 9.24. The normalized spacial score (nSPS) is 13.5. The van der Waals surface area contributed by atoms with E-state index in [4.69, 9.17) is 22.1 Å². The van der Waals surface area contributed by atoms with Gasteiger partial charge in [-0.1, -0.05) is 0 Å². The molecule has 1 aliphatic heterocycles. The summed E-state index contributed by atoms with van der Waals surface area (Å²) >= 11 is 6.58. The van der Waals surface area contributed by atoms with Crippen LogP contribution in [0.3, 0.4) is 0 Å². The monoisotopic (exact) mass is 330 g/mol. The first-order valence-electron chi connectivity index (χ1n) is 5.24. The summed E-state index contributed by atoms with van der Waals surface area (Å²) in [5.41, 5.74) is 1.10. The van der Waals surface area contributed by atoms with Crippen LogP contribution in [-0.2, 0) is 11.3 Å². The molecule has 1 aromatic rings. The van der Waals surface area contributed by atoms with Gasteiger partial charge in [0.2, 0.25) is 0 Å². The van der Waals surface area contributed by atoms with Gasteiger partial charge in [0.05, 0.1) is 17.1 Å². The Morgan fingerprint density at radius 1 is 1.55 bits per heavy atom. The molecule has 0 unspecified atom stereocenters. The lowest BCUT2D eigenvalue weighted by molar-refractivity contribution is -0.192. The molecule has 1 aromatic heterocycles. The highest BCUT2D eigenvalue weighted by molar-refractivity contribution is 7.73. The van der Waals surface area contributed by atoms with Gasteiger partial charge in [0.15, 0.2) is 3.95 Å². The zero-order valence-corrected chi connectivity index (χ0v) is 11.5. The third kappa shape index (κ3) is 4.93. The Morgan fingerprint density at radius 3 is 2.65 bits per heavy atom. The van der Waals surface area contributed by atoms with Crippen LogP contribution in [0.2, 0.25) is 0 Å². The highest BCUT2D eigenvalue weighted by atomic mass is 32.1. The zero-order valence-electron chi connectivity index (χ0n) is 9.91. The summed E-state index contributed by atoms with van der Waals surface area (Å²) in [6, 6.07) is 0. The van der Waals surface area contributed by atoms with Crippen LogP contribution in [0.5, 0.6) is 0 Å². The third-order valence-electron chi connectivity index (χ3n) is 2.17. The lowest BCUT2D eigenvalue weighted by Gasteiger charge is -2.21. The number of H-pyrrole nitrogens is 1. The Labute approximate surface area is 120 Å². The van der Waals surface area contributed by atoms with Crippen LogP contribution in [0.25, 0.3) is 6.08 Å². The standard InChI is InChI=1S/C8H9FN2S2.C2HF3O2/c9-2-4-11-3-1-7-6(5-11)10-8(12)13-7;3-2(4,5)1(6)7/h1,3H,2,4-5H2,(H,10,12);(H,6,7). The first kappa shape index (κ1) is 16.6. The van der Waals surface area contributed by atoms with Gasteiger partial charge in [-0.2, -0.15) is 13.2 Å². The summed E-state index contributed by atoms with van der Waals surface area (Å²) in [4.78, 5) is 15.1. The second kappa shape index (κ2) is 6.84. The van der Waals surface area contributed by atoms with Gasteiger partial charge in [0.25, 0.3) is 0 Å².